The SMILES string of the molecule is C1=CC(Cc2ccccc2C2=CCc3ccccc32)c2ccccc21. The molecule has 0 saturated carbocycles. The van der Waals surface area contributed by atoms with Gasteiger partial charge in [-0.05, 0) is 51.8 Å². The van der Waals surface area contributed by atoms with Crippen LogP contribution in [-0.2, 0) is 12.8 Å². The molecular weight excluding hydrogens is 300 g/mol. The van der Waals surface area contributed by atoms with E-state index in [0.29, 0.717) is 5.92 Å². The standard InChI is InChI=1S/C25H20/c1-4-10-22-18(7-1)13-14-21(22)17-20-9-3-6-12-24(20)25-16-15-19-8-2-5-11-23(19)25/h1-14,16,21H,15,17H2. The fraction of sp³-hybridized carbons (Fsp3) is 0.120. The van der Waals surface area contributed by atoms with E-state index >= 15 is 0 Å². The van der Waals surface area contributed by atoms with Crippen LogP contribution in [0.4, 0.5) is 0 Å². The zero-order valence-electron chi connectivity index (χ0n) is 14.2. The van der Waals surface area contributed by atoms with Crippen molar-refractivity contribution in [1.82, 2.24) is 0 Å². The zero-order chi connectivity index (χ0) is 16.6. The smallest absolute Gasteiger partial charge is 0.00678 e. The molecule has 0 fully saturated rings. The number of hydrogen-bond donors (Lipinski definition) is 0. The molecule has 0 heteroatoms. The summed E-state index contributed by atoms with van der Waals surface area (Å²) in [7, 11) is 0. The van der Waals surface area contributed by atoms with Gasteiger partial charge in [-0.1, -0.05) is 91.0 Å². The Labute approximate surface area is 149 Å². The predicted octanol–water partition coefficient (Wildman–Crippen LogP) is 6.03. The van der Waals surface area contributed by atoms with E-state index in [4.69, 9.17) is 0 Å². The van der Waals surface area contributed by atoms with Crippen LogP contribution in [-0.4, -0.2) is 0 Å². The van der Waals surface area contributed by atoms with Crippen LogP contribution < -0.4 is 0 Å². The van der Waals surface area contributed by atoms with E-state index < -0.39 is 0 Å². The third kappa shape index (κ3) is 2.46. The van der Waals surface area contributed by atoms with Gasteiger partial charge in [0, 0.05) is 5.92 Å². The van der Waals surface area contributed by atoms with Crippen molar-refractivity contribution in [2.24, 2.45) is 0 Å². The third-order valence-electron chi connectivity index (χ3n) is 5.48. The zero-order valence-corrected chi connectivity index (χ0v) is 14.2. The van der Waals surface area contributed by atoms with Crippen LogP contribution in [0, 0.1) is 0 Å². The first kappa shape index (κ1) is 14.5. The topological polar surface area (TPSA) is 0 Å². The molecule has 2 aliphatic rings. The van der Waals surface area contributed by atoms with E-state index in [9.17, 15) is 0 Å². The molecule has 0 saturated heterocycles. The van der Waals surface area contributed by atoms with Crippen LogP contribution >= 0.6 is 0 Å². The molecule has 1 atom stereocenters. The summed E-state index contributed by atoms with van der Waals surface area (Å²) in [5, 5.41) is 0. The van der Waals surface area contributed by atoms with E-state index in [1.54, 1.807) is 0 Å². The maximum absolute atomic E-state index is 2.39. The monoisotopic (exact) mass is 320 g/mol. The highest BCUT2D eigenvalue weighted by molar-refractivity contribution is 5.86. The quantitative estimate of drug-likeness (QED) is 0.553. The summed E-state index contributed by atoms with van der Waals surface area (Å²) >= 11 is 0. The average molecular weight is 320 g/mol. The lowest BCUT2D eigenvalue weighted by molar-refractivity contribution is 0.848. The highest BCUT2D eigenvalue weighted by Crippen LogP contribution is 2.38. The Bertz CT molecular complexity index is 1000. The lowest BCUT2D eigenvalue weighted by atomic mass is 9.88. The third-order valence-corrected chi connectivity index (χ3v) is 5.48. The van der Waals surface area contributed by atoms with Crippen molar-refractivity contribution in [3.05, 3.63) is 118 Å². The van der Waals surface area contributed by atoms with Gasteiger partial charge in [-0.2, -0.15) is 0 Å². The summed E-state index contributed by atoms with van der Waals surface area (Å²) < 4.78 is 0. The fourth-order valence-corrected chi connectivity index (χ4v) is 4.24. The molecule has 25 heavy (non-hydrogen) atoms. The van der Waals surface area contributed by atoms with Crippen LogP contribution in [0.1, 0.15) is 39.3 Å². The normalized spacial score (nSPS) is 17.3. The van der Waals surface area contributed by atoms with Crippen molar-refractivity contribution in [1.29, 1.82) is 0 Å². The van der Waals surface area contributed by atoms with Crippen LogP contribution in [0.2, 0.25) is 0 Å². The van der Waals surface area contributed by atoms with Gasteiger partial charge in [-0.15, -0.1) is 0 Å². The summed E-state index contributed by atoms with van der Waals surface area (Å²) in [5.41, 5.74) is 9.91. The lowest BCUT2D eigenvalue weighted by Crippen LogP contribution is -2.02. The van der Waals surface area contributed by atoms with E-state index in [1.165, 1.54) is 39.0 Å². The fourth-order valence-electron chi connectivity index (χ4n) is 4.24. The summed E-state index contributed by atoms with van der Waals surface area (Å²) in [6, 6.07) is 26.5. The minimum absolute atomic E-state index is 0.481. The Morgan fingerprint density at radius 1 is 0.760 bits per heavy atom. The van der Waals surface area contributed by atoms with Gasteiger partial charge in [0.25, 0.3) is 0 Å². The highest BCUT2D eigenvalue weighted by atomic mass is 14.2. The maximum atomic E-state index is 2.39. The first-order valence-corrected chi connectivity index (χ1v) is 9.04. The minimum atomic E-state index is 0.481. The Morgan fingerprint density at radius 3 is 2.48 bits per heavy atom. The molecule has 0 aliphatic heterocycles. The van der Waals surface area contributed by atoms with E-state index in [0.717, 1.165) is 12.8 Å². The molecule has 3 aromatic carbocycles. The van der Waals surface area contributed by atoms with Gasteiger partial charge in [0.15, 0.2) is 0 Å². The lowest BCUT2D eigenvalue weighted by Gasteiger charge is -2.16. The largest absolute Gasteiger partial charge is 0.0760 e. The number of rotatable bonds is 3. The summed E-state index contributed by atoms with van der Waals surface area (Å²) in [5.74, 6) is 0.481. The summed E-state index contributed by atoms with van der Waals surface area (Å²) in [6.45, 7) is 0. The Morgan fingerprint density at radius 2 is 1.52 bits per heavy atom. The maximum Gasteiger partial charge on any atom is 0.00678 e. The molecule has 0 N–H and O–H groups in total. The van der Waals surface area contributed by atoms with E-state index in [2.05, 4.69) is 91.0 Å². The van der Waals surface area contributed by atoms with Gasteiger partial charge in [-0.3, -0.25) is 0 Å². The van der Waals surface area contributed by atoms with Gasteiger partial charge in [0.1, 0.15) is 0 Å². The molecule has 5 rings (SSSR count). The Hall–Kier alpha value is -2.86. The Kier molecular flexibility index (Phi) is 3.41. The van der Waals surface area contributed by atoms with Gasteiger partial charge < -0.3 is 0 Å². The Balaban J connectivity index is 1.52. The number of allylic oxidation sites excluding steroid dienone is 2. The molecule has 0 spiro atoms. The van der Waals surface area contributed by atoms with Crippen molar-refractivity contribution in [3.8, 4) is 0 Å². The minimum Gasteiger partial charge on any atom is -0.0760 e. The van der Waals surface area contributed by atoms with Gasteiger partial charge >= 0.3 is 0 Å². The van der Waals surface area contributed by atoms with Crippen molar-refractivity contribution in [3.63, 3.8) is 0 Å². The van der Waals surface area contributed by atoms with Crippen molar-refractivity contribution >= 4 is 11.6 Å². The van der Waals surface area contributed by atoms with Crippen molar-refractivity contribution < 1.29 is 0 Å². The molecule has 1 unspecified atom stereocenters. The van der Waals surface area contributed by atoms with Crippen LogP contribution in [0.5, 0.6) is 0 Å². The number of benzene rings is 3. The molecule has 0 radical (unpaired) electrons. The molecule has 2 aliphatic carbocycles. The second-order valence-corrected chi connectivity index (χ2v) is 6.93. The highest BCUT2D eigenvalue weighted by Gasteiger charge is 2.21. The molecular formula is C25H20. The van der Waals surface area contributed by atoms with Crippen LogP contribution in [0.15, 0.2) is 84.9 Å². The second kappa shape index (κ2) is 5.89. The van der Waals surface area contributed by atoms with Gasteiger partial charge in [-0.25, -0.2) is 0 Å². The van der Waals surface area contributed by atoms with Crippen LogP contribution in [0.25, 0.3) is 11.6 Å². The molecule has 3 aromatic rings. The van der Waals surface area contributed by atoms with E-state index in [-0.39, 0.29) is 0 Å². The molecule has 0 heterocycles. The number of fused-ring (bicyclic) bond motifs is 2. The van der Waals surface area contributed by atoms with Gasteiger partial charge in [0.05, 0.1) is 0 Å². The average Bonchev–Trinajstić information content (AvgIpc) is 3.27. The van der Waals surface area contributed by atoms with Crippen LogP contribution in [0.3, 0.4) is 0 Å². The summed E-state index contributed by atoms with van der Waals surface area (Å²) in [6.07, 6.45) is 9.13. The van der Waals surface area contributed by atoms with Gasteiger partial charge in [0.2, 0.25) is 0 Å². The van der Waals surface area contributed by atoms with E-state index in [1.807, 2.05) is 0 Å². The van der Waals surface area contributed by atoms with Crippen molar-refractivity contribution in [2.75, 3.05) is 0 Å². The number of hydrogen-bond acceptors (Lipinski definition) is 0. The van der Waals surface area contributed by atoms with Crippen molar-refractivity contribution in [2.45, 2.75) is 18.8 Å². The predicted molar refractivity (Wildman–Crippen MR) is 106 cm³/mol. The summed E-state index contributed by atoms with van der Waals surface area (Å²) in [4.78, 5) is 0. The first-order chi connectivity index (χ1) is 12.4. The molecule has 0 nitrogen and oxygen atoms in total. The molecule has 0 amide bonds. The molecule has 0 aromatic heterocycles. The molecule has 120 valence electrons. The first-order valence-electron chi connectivity index (χ1n) is 9.04. The second-order valence-electron chi connectivity index (χ2n) is 6.93. The molecule has 0 bridgehead atoms.